The zero-order valence-electron chi connectivity index (χ0n) is 16.1. The second-order valence-electron chi connectivity index (χ2n) is 7.17. The molecule has 3 nitrogen and oxygen atoms in total. The molecule has 152 valence electrons. The van der Waals surface area contributed by atoms with Gasteiger partial charge in [0.25, 0.3) is 0 Å². The normalized spacial score (nSPS) is 18.5. The molecule has 4 rings (SSSR count). The van der Waals surface area contributed by atoms with Crippen LogP contribution in [0.5, 0.6) is 0 Å². The Morgan fingerprint density at radius 3 is 2.28 bits per heavy atom. The van der Waals surface area contributed by atoms with Crippen molar-refractivity contribution in [1.29, 1.82) is 0 Å². The smallest absolute Gasteiger partial charge is 0.121 e. The number of aliphatic hydroxyl groups is 1. The molecule has 1 aliphatic rings. The number of hydrogen-bond donors (Lipinski definition) is 2. The third-order valence-corrected chi connectivity index (χ3v) is 5.70. The van der Waals surface area contributed by atoms with Crippen LogP contribution in [0, 0.1) is 0 Å². The van der Waals surface area contributed by atoms with Crippen LogP contribution < -0.4 is 5.32 Å². The van der Waals surface area contributed by atoms with E-state index in [4.69, 9.17) is 16.3 Å². The van der Waals surface area contributed by atoms with Crippen LogP contribution in [0.3, 0.4) is 0 Å². The molecule has 1 aliphatic heterocycles. The van der Waals surface area contributed by atoms with Gasteiger partial charge in [-0.15, -0.1) is 12.4 Å². The molecule has 0 saturated carbocycles. The molecular formula is C24H25Cl2NO2. The second-order valence-corrected chi connectivity index (χ2v) is 7.57. The van der Waals surface area contributed by atoms with E-state index in [1.54, 1.807) is 0 Å². The van der Waals surface area contributed by atoms with Crippen molar-refractivity contribution in [1.82, 2.24) is 5.32 Å². The van der Waals surface area contributed by atoms with Crippen LogP contribution in [-0.2, 0) is 16.8 Å². The summed E-state index contributed by atoms with van der Waals surface area (Å²) in [6.07, 6.45) is 0.105. The fourth-order valence-electron chi connectivity index (χ4n) is 3.91. The second kappa shape index (κ2) is 9.75. The molecule has 0 amide bonds. The van der Waals surface area contributed by atoms with E-state index in [9.17, 15) is 5.11 Å². The Kier molecular flexibility index (Phi) is 7.33. The van der Waals surface area contributed by atoms with E-state index in [1.807, 2.05) is 66.7 Å². The van der Waals surface area contributed by atoms with E-state index in [0.29, 0.717) is 24.6 Å². The number of halogens is 2. The molecule has 1 fully saturated rings. The highest BCUT2D eigenvalue weighted by Gasteiger charge is 2.40. The molecule has 0 spiro atoms. The van der Waals surface area contributed by atoms with Crippen LogP contribution in [0.25, 0.3) is 11.1 Å². The molecular weight excluding hydrogens is 405 g/mol. The molecule has 1 heterocycles. The first-order valence-corrected chi connectivity index (χ1v) is 9.99. The molecule has 0 aliphatic carbocycles. The highest BCUT2D eigenvalue weighted by atomic mass is 35.5. The number of nitrogens with one attached hydrogen (secondary N) is 1. The maximum atomic E-state index is 11.9. The summed E-state index contributed by atoms with van der Waals surface area (Å²) < 4.78 is 6.00. The first-order valence-electron chi connectivity index (χ1n) is 9.61. The molecule has 3 aromatic rings. The van der Waals surface area contributed by atoms with Gasteiger partial charge in [0, 0.05) is 30.1 Å². The lowest BCUT2D eigenvalue weighted by Gasteiger charge is -2.39. The van der Waals surface area contributed by atoms with Gasteiger partial charge in [0.05, 0.1) is 6.61 Å². The minimum Gasteiger partial charge on any atom is -0.382 e. The van der Waals surface area contributed by atoms with Gasteiger partial charge >= 0.3 is 0 Å². The van der Waals surface area contributed by atoms with Gasteiger partial charge in [-0.1, -0.05) is 84.4 Å². The third kappa shape index (κ3) is 4.66. The van der Waals surface area contributed by atoms with Crippen molar-refractivity contribution < 1.29 is 9.84 Å². The van der Waals surface area contributed by atoms with Crippen molar-refractivity contribution in [3.8, 4) is 11.1 Å². The van der Waals surface area contributed by atoms with Crippen LogP contribution in [0.4, 0.5) is 0 Å². The summed E-state index contributed by atoms with van der Waals surface area (Å²) in [7, 11) is 0. The number of benzene rings is 3. The van der Waals surface area contributed by atoms with E-state index in [-0.39, 0.29) is 18.5 Å². The largest absolute Gasteiger partial charge is 0.382 e. The van der Waals surface area contributed by atoms with Gasteiger partial charge in [-0.3, -0.25) is 0 Å². The van der Waals surface area contributed by atoms with Crippen LogP contribution in [0.2, 0.25) is 5.02 Å². The van der Waals surface area contributed by atoms with Crippen molar-refractivity contribution in [2.24, 2.45) is 0 Å². The van der Waals surface area contributed by atoms with Gasteiger partial charge in [0.2, 0.25) is 0 Å². The minimum atomic E-state index is -1.15. The lowest BCUT2D eigenvalue weighted by Crippen LogP contribution is -2.52. The lowest BCUT2D eigenvalue weighted by atomic mass is 9.80. The fourth-order valence-corrected chi connectivity index (χ4v) is 4.15. The van der Waals surface area contributed by atoms with E-state index in [1.165, 1.54) is 0 Å². The summed E-state index contributed by atoms with van der Waals surface area (Å²) in [5.41, 5.74) is 2.75. The Labute approximate surface area is 183 Å². The average Bonchev–Trinajstić information content (AvgIpc) is 2.76. The predicted molar refractivity (Wildman–Crippen MR) is 121 cm³/mol. The van der Waals surface area contributed by atoms with Crippen LogP contribution in [-0.4, -0.2) is 30.9 Å². The minimum absolute atomic E-state index is 0. The summed E-state index contributed by atoms with van der Waals surface area (Å²) in [4.78, 5) is 0. The highest BCUT2D eigenvalue weighted by Crippen LogP contribution is 2.37. The van der Waals surface area contributed by atoms with Crippen molar-refractivity contribution in [3.63, 3.8) is 0 Å². The topological polar surface area (TPSA) is 41.5 Å². The Morgan fingerprint density at radius 1 is 0.931 bits per heavy atom. The number of ether oxygens (including phenoxy) is 1. The maximum absolute atomic E-state index is 11.9. The quantitative estimate of drug-likeness (QED) is 0.608. The molecule has 0 bridgehead atoms. The molecule has 0 radical (unpaired) electrons. The molecule has 2 N–H and O–H groups in total. The number of morpholine rings is 1. The Hall–Kier alpha value is -1.88. The van der Waals surface area contributed by atoms with Crippen molar-refractivity contribution in [2.75, 3.05) is 19.7 Å². The standard InChI is InChI=1S/C24H24ClNO2.ClH/c25-22-13-7-6-12-21(22)20-11-5-4-8-18(20)16-24(27,19-9-2-1-3-10-19)23-17-26-14-15-28-23;/h1-13,23,26-27H,14-17H2;1H/t23-,24+;/m1./s1. The Balaban J connectivity index is 0.00000240. The average molecular weight is 430 g/mol. The molecule has 5 heteroatoms. The molecule has 29 heavy (non-hydrogen) atoms. The van der Waals surface area contributed by atoms with Gasteiger partial charge in [-0.2, -0.15) is 0 Å². The van der Waals surface area contributed by atoms with E-state index in [2.05, 4.69) is 17.4 Å². The molecule has 1 saturated heterocycles. The van der Waals surface area contributed by atoms with Gasteiger partial charge in [-0.25, -0.2) is 0 Å². The third-order valence-electron chi connectivity index (χ3n) is 5.38. The van der Waals surface area contributed by atoms with E-state index in [0.717, 1.165) is 28.8 Å². The number of hydrogen-bond acceptors (Lipinski definition) is 3. The van der Waals surface area contributed by atoms with Gasteiger partial charge < -0.3 is 15.2 Å². The van der Waals surface area contributed by atoms with Crippen LogP contribution in [0.15, 0.2) is 78.9 Å². The van der Waals surface area contributed by atoms with Crippen molar-refractivity contribution in [3.05, 3.63) is 95.0 Å². The first-order chi connectivity index (χ1) is 13.7. The summed E-state index contributed by atoms with van der Waals surface area (Å²) in [5, 5.41) is 16.0. The highest BCUT2D eigenvalue weighted by molar-refractivity contribution is 6.33. The fraction of sp³-hybridized carbons (Fsp3) is 0.250. The summed E-state index contributed by atoms with van der Waals surface area (Å²) >= 11 is 6.47. The zero-order valence-corrected chi connectivity index (χ0v) is 17.6. The number of rotatable bonds is 5. The maximum Gasteiger partial charge on any atom is 0.121 e. The molecule has 2 atom stereocenters. The van der Waals surface area contributed by atoms with Crippen molar-refractivity contribution >= 4 is 24.0 Å². The molecule has 0 aromatic heterocycles. The predicted octanol–water partition coefficient (Wildman–Crippen LogP) is 4.85. The first kappa shape index (κ1) is 21.8. The SMILES string of the molecule is Cl.O[C@@](Cc1ccccc1-c1ccccc1Cl)(c1ccccc1)[C@H]1CNCCO1. The van der Waals surface area contributed by atoms with Gasteiger partial charge in [0.1, 0.15) is 11.7 Å². The monoisotopic (exact) mass is 429 g/mol. The summed E-state index contributed by atoms with van der Waals surface area (Å²) in [6, 6.07) is 25.7. The summed E-state index contributed by atoms with van der Waals surface area (Å²) in [5.74, 6) is 0. The van der Waals surface area contributed by atoms with Crippen LogP contribution in [0.1, 0.15) is 11.1 Å². The van der Waals surface area contributed by atoms with Crippen LogP contribution >= 0.6 is 24.0 Å². The van der Waals surface area contributed by atoms with Gasteiger partial charge in [0.15, 0.2) is 0 Å². The van der Waals surface area contributed by atoms with Gasteiger partial charge in [-0.05, 0) is 22.8 Å². The van der Waals surface area contributed by atoms with E-state index < -0.39 is 5.60 Å². The summed E-state index contributed by atoms with van der Waals surface area (Å²) in [6.45, 7) is 2.00. The Morgan fingerprint density at radius 2 is 1.59 bits per heavy atom. The van der Waals surface area contributed by atoms with Crippen molar-refractivity contribution in [2.45, 2.75) is 18.1 Å². The molecule has 0 unspecified atom stereocenters. The zero-order chi connectivity index (χ0) is 19.4. The molecule has 3 aromatic carbocycles. The lowest BCUT2D eigenvalue weighted by molar-refractivity contribution is -0.124. The van der Waals surface area contributed by atoms with E-state index >= 15 is 0 Å². The Bertz CT molecular complexity index is 929.